The third kappa shape index (κ3) is 5.49. The predicted molar refractivity (Wildman–Crippen MR) is 144 cm³/mol. The fourth-order valence-electron chi connectivity index (χ4n) is 5.92. The van der Waals surface area contributed by atoms with Crippen molar-refractivity contribution in [3.05, 3.63) is 78.2 Å². The van der Waals surface area contributed by atoms with Crippen LogP contribution in [0.25, 0.3) is 11.3 Å². The van der Waals surface area contributed by atoms with Gasteiger partial charge < -0.3 is 24.6 Å². The lowest BCUT2D eigenvalue weighted by Gasteiger charge is -2.41. The van der Waals surface area contributed by atoms with E-state index in [-0.39, 0.29) is 24.6 Å². The van der Waals surface area contributed by atoms with Gasteiger partial charge in [-0.1, -0.05) is 73.5 Å². The van der Waals surface area contributed by atoms with E-state index in [1.165, 1.54) is 5.56 Å². The summed E-state index contributed by atoms with van der Waals surface area (Å²) in [6.45, 7) is 4.92. The fraction of sp³-hybridized carbons (Fsp3) is 0.467. The van der Waals surface area contributed by atoms with Crippen molar-refractivity contribution < 1.29 is 14.6 Å². The highest BCUT2D eigenvalue weighted by Crippen LogP contribution is 2.41. The molecule has 0 unspecified atom stereocenters. The van der Waals surface area contributed by atoms with Crippen molar-refractivity contribution in [2.75, 3.05) is 32.8 Å². The zero-order chi connectivity index (χ0) is 25.7. The van der Waals surface area contributed by atoms with Crippen molar-refractivity contribution in [2.24, 2.45) is 0 Å². The number of rotatable bonds is 8. The maximum Gasteiger partial charge on any atom is 0.275 e. The zero-order valence-electron chi connectivity index (χ0n) is 21.7. The van der Waals surface area contributed by atoms with Gasteiger partial charge in [-0.2, -0.15) is 0 Å². The first-order chi connectivity index (χ1) is 18.1. The van der Waals surface area contributed by atoms with Crippen molar-refractivity contribution in [1.82, 2.24) is 19.8 Å². The lowest BCUT2D eigenvalue weighted by atomic mass is 9.80. The minimum Gasteiger partial charge on any atom is -0.385 e. The summed E-state index contributed by atoms with van der Waals surface area (Å²) in [4.78, 5) is 20.9. The van der Waals surface area contributed by atoms with Gasteiger partial charge in [-0.05, 0) is 31.7 Å². The molecule has 1 aliphatic carbocycles. The number of amides is 1. The number of nitrogens with zero attached hydrogens (tertiary/aromatic N) is 3. The highest BCUT2D eigenvalue weighted by molar-refractivity contribution is 5.98. The Morgan fingerprint density at radius 3 is 2.65 bits per heavy atom. The molecule has 1 saturated carbocycles. The van der Waals surface area contributed by atoms with Crippen molar-refractivity contribution in [3.8, 4) is 11.3 Å². The third-order valence-corrected chi connectivity index (χ3v) is 7.82. The van der Waals surface area contributed by atoms with Gasteiger partial charge in [0.25, 0.3) is 5.91 Å². The number of imidazole rings is 1. The van der Waals surface area contributed by atoms with E-state index < -0.39 is 5.60 Å². The van der Waals surface area contributed by atoms with Crippen molar-refractivity contribution in [2.45, 2.75) is 56.7 Å². The number of aliphatic hydroxyl groups is 1. The van der Waals surface area contributed by atoms with Crippen molar-refractivity contribution >= 4 is 5.91 Å². The first kappa shape index (κ1) is 25.6. The van der Waals surface area contributed by atoms with E-state index in [9.17, 15) is 9.90 Å². The standard InChI is InChI=1S/C30H38N4O3/c1-2-37-21-30(36)16-10-9-15-26(30)34-22-32-27(28(34)24-13-7-4-8-14-24)29(35)33-18-17-31-20-25(33)19-23-11-5-3-6-12-23/h3-8,11-14,22,25-26,31,36H,2,9-10,15-21H2,1H3/t25-,26-,30-/m1/s1. The number of carbonyl (C=O) groups is 1. The number of hydrogen-bond donors (Lipinski definition) is 2. The number of carbonyl (C=O) groups excluding carboxylic acids is 1. The molecule has 1 saturated heterocycles. The van der Waals surface area contributed by atoms with Crippen LogP contribution in [0.4, 0.5) is 0 Å². The highest BCUT2D eigenvalue weighted by Gasteiger charge is 2.42. The summed E-state index contributed by atoms with van der Waals surface area (Å²) in [6.07, 6.45) is 6.02. The van der Waals surface area contributed by atoms with Gasteiger partial charge in [-0.25, -0.2) is 4.98 Å². The second-order valence-corrected chi connectivity index (χ2v) is 10.3. The molecule has 0 spiro atoms. The predicted octanol–water partition coefficient (Wildman–Crippen LogP) is 4.09. The Bertz CT molecular complexity index is 1170. The summed E-state index contributed by atoms with van der Waals surface area (Å²) in [5.41, 5.74) is 2.39. The summed E-state index contributed by atoms with van der Waals surface area (Å²) < 4.78 is 7.78. The average Bonchev–Trinajstić information content (AvgIpc) is 3.38. The molecular formula is C30H38N4O3. The molecule has 196 valence electrons. The minimum atomic E-state index is -0.996. The van der Waals surface area contributed by atoms with Crippen LogP contribution in [-0.4, -0.2) is 70.0 Å². The average molecular weight is 503 g/mol. The van der Waals surface area contributed by atoms with E-state index >= 15 is 0 Å². The second-order valence-electron chi connectivity index (χ2n) is 10.3. The molecule has 2 N–H and O–H groups in total. The molecule has 3 atom stereocenters. The highest BCUT2D eigenvalue weighted by atomic mass is 16.5. The molecular weight excluding hydrogens is 464 g/mol. The quantitative estimate of drug-likeness (QED) is 0.485. The zero-order valence-corrected chi connectivity index (χ0v) is 21.7. The van der Waals surface area contributed by atoms with Gasteiger partial charge in [-0.15, -0.1) is 0 Å². The number of nitrogens with one attached hydrogen (secondary N) is 1. The largest absolute Gasteiger partial charge is 0.385 e. The molecule has 7 heteroatoms. The molecule has 0 bridgehead atoms. The minimum absolute atomic E-state index is 0.0435. The van der Waals surface area contributed by atoms with Crippen LogP contribution in [0, 0.1) is 0 Å². The monoisotopic (exact) mass is 502 g/mol. The Labute approximate surface area is 219 Å². The lowest BCUT2D eigenvalue weighted by molar-refractivity contribution is -0.0972. The number of piperazine rings is 1. The SMILES string of the molecule is CCOC[C@]1(O)CCCC[C@H]1n1cnc(C(=O)N2CCNC[C@H]2Cc2ccccc2)c1-c1ccccc1. The van der Waals surface area contributed by atoms with Crippen LogP contribution in [0.5, 0.6) is 0 Å². The van der Waals surface area contributed by atoms with Crippen LogP contribution in [0.15, 0.2) is 67.0 Å². The topological polar surface area (TPSA) is 79.6 Å². The normalized spacial score (nSPS) is 24.2. The maximum absolute atomic E-state index is 14.2. The van der Waals surface area contributed by atoms with Crippen LogP contribution in [0.3, 0.4) is 0 Å². The van der Waals surface area contributed by atoms with E-state index in [2.05, 4.69) is 22.0 Å². The van der Waals surface area contributed by atoms with E-state index in [4.69, 9.17) is 9.72 Å². The van der Waals surface area contributed by atoms with Gasteiger partial charge in [0.1, 0.15) is 5.60 Å². The summed E-state index contributed by atoms with van der Waals surface area (Å²) in [5.74, 6) is -0.0517. The van der Waals surface area contributed by atoms with E-state index in [1.807, 2.05) is 60.4 Å². The van der Waals surface area contributed by atoms with Gasteiger partial charge in [0.15, 0.2) is 5.69 Å². The molecule has 7 nitrogen and oxygen atoms in total. The Morgan fingerprint density at radius 1 is 1.14 bits per heavy atom. The van der Waals surface area contributed by atoms with E-state index in [0.717, 1.165) is 50.0 Å². The molecule has 5 rings (SSSR count). The van der Waals surface area contributed by atoms with Crippen molar-refractivity contribution in [1.29, 1.82) is 0 Å². The van der Waals surface area contributed by atoms with Crippen LogP contribution < -0.4 is 5.32 Å². The molecule has 1 aromatic heterocycles. The van der Waals surface area contributed by atoms with Crippen LogP contribution >= 0.6 is 0 Å². The van der Waals surface area contributed by atoms with Crippen LogP contribution in [-0.2, 0) is 11.2 Å². The first-order valence-corrected chi connectivity index (χ1v) is 13.6. The molecule has 2 heterocycles. The fourth-order valence-corrected chi connectivity index (χ4v) is 5.92. The van der Waals surface area contributed by atoms with Crippen molar-refractivity contribution in [3.63, 3.8) is 0 Å². The van der Waals surface area contributed by atoms with Crippen LogP contribution in [0.2, 0.25) is 0 Å². The molecule has 0 radical (unpaired) electrons. The van der Waals surface area contributed by atoms with E-state index in [0.29, 0.717) is 25.3 Å². The lowest BCUT2D eigenvalue weighted by Crippen LogP contribution is -2.54. The van der Waals surface area contributed by atoms with Crippen LogP contribution in [0.1, 0.15) is 54.7 Å². The van der Waals surface area contributed by atoms with Gasteiger partial charge in [0, 0.05) is 37.8 Å². The summed E-state index contributed by atoms with van der Waals surface area (Å²) >= 11 is 0. The molecule has 1 aliphatic heterocycles. The molecule has 2 fully saturated rings. The molecule has 37 heavy (non-hydrogen) atoms. The van der Waals surface area contributed by atoms with Gasteiger partial charge in [-0.3, -0.25) is 4.79 Å². The Morgan fingerprint density at radius 2 is 1.89 bits per heavy atom. The molecule has 3 aromatic rings. The van der Waals surface area contributed by atoms with Gasteiger partial charge in [0.2, 0.25) is 0 Å². The van der Waals surface area contributed by atoms with E-state index in [1.54, 1.807) is 6.33 Å². The number of aromatic nitrogens is 2. The Hall–Kier alpha value is -3.00. The molecule has 2 aromatic carbocycles. The summed E-state index contributed by atoms with van der Waals surface area (Å²) in [6, 6.07) is 20.2. The first-order valence-electron chi connectivity index (χ1n) is 13.6. The molecule has 2 aliphatic rings. The number of benzene rings is 2. The summed E-state index contributed by atoms with van der Waals surface area (Å²) in [7, 11) is 0. The Balaban J connectivity index is 1.52. The smallest absolute Gasteiger partial charge is 0.275 e. The van der Waals surface area contributed by atoms with Gasteiger partial charge >= 0.3 is 0 Å². The number of hydrogen-bond acceptors (Lipinski definition) is 5. The molecule has 1 amide bonds. The van der Waals surface area contributed by atoms with Gasteiger partial charge in [0.05, 0.1) is 24.7 Å². The second kappa shape index (κ2) is 11.6. The number of ether oxygens (including phenoxy) is 1. The summed E-state index contributed by atoms with van der Waals surface area (Å²) in [5, 5.41) is 15.2. The third-order valence-electron chi connectivity index (χ3n) is 7.82. The Kier molecular flexibility index (Phi) is 8.03. The maximum atomic E-state index is 14.2.